The van der Waals surface area contributed by atoms with Crippen LogP contribution >= 0.6 is 0 Å². The summed E-state index contributed by atoms with van der Waals surface area (Å²) in [5.74, 6) is -0.228. The van der Waals surface area contributed by atoms with Gasteiger partial charge in [0.15, 0.2) is 0 Å². The molecule has 0 fully saturated rings. The second kappa shape index (κ2) is 4.88. The van der Waals surface area contributed by atoms with Crippen LogP contribution in [-0.2, 0) is 9.59 Å². The fourth-order valence-electron chi connectivity index (χ4n) is 1.26. The standard InChI is InChI=1S/C10H7N3O4/c14-6-16-9-10(17-7-15)13(12-11-9)8-4-2-1-3-5-8/h1-7H. The van der Waals surface area contributed by atoms with Crippen LogP contribution < -0.4 is 9.47 Å². The van der Waals surface area contributed by atoms with Crippen LogP contribution in [0.4, 0.5) is 0 Å². The summed E-state index contributed by atoms with van der Waals surface area (Å²) < 4.78 is 10.5. The molecule has 0 saturated heterocycles. The number of hydrogen-bond donors (Lipinski definition) is 0. The van der Waals surface area contributed by atoms with E-state index < -0.39 is 0 Å². The minimum atomic E-state index is -0.170. The summed E-state index contributed by atoms with van der Waals surface area (Å²) >= 11 is 0. The Balaban J connectivity index is 2.46. The number of rotatable bonds is 5. The number of para-hydroxylation sites is 1. The van der Waals surface area contributed by atoms with Crippen LogP contribution in [0.5, 0.6) is 11.8 Å². The van der Waals surface area contributed by atoms with Crippen LogP contribution in [0.2, 0.25) is 0 Å². The van der Waals surface area contributed by atoms with E-state index in [2.05, 4.69) is 19.8 Å². The Hall–Kier alpha value is -2.70. The third-order valence-electron chi connectivity index (χ3n) is 1.92. The lowest BCUT2D eigenvalue weighted by Gasteiger charge is -2.03. The van der Waals surface area contributed by atoms with Crippen molar-refractivity contribution in [2.45, 2.75) is 0 Å². The topological polar surface area (TPSA) is 83.3 Å². The summed E-state index contributed by atoms with van der Waals surface area (Å²) in [6.45, 7) is 0.382. The van der Waals surface area contributed by atoms with Crippen molar-refractivity contribution in [1.29, 1.82) is 0 Å². The highest BCUT2D eigenvalue weighted by molar-refractivity contribution is 5.52. The molecule has 0 aliphatic carbocycles. The van der Waals surface area contributed by atoms with E-state index in [1.807, 2.05) is 6.07 Å². The molecule has 17 heavy (non-hydrogen) atoms. The highest BCUT2D eigenvalue weighted by atomic mass is 16.6. The van der Waals surface area contributed by atoms with Crippen LogP contribution in [-0.4, -0.2) is 27.9 Å². The zero-order valence-electron chi connectivity index (χ0n) is 8.52. The monoisotopic (exact) mass is 233 g/mol. The predicted octanol–water partition coefficient (Wildman–Crippen LogP) is 0.338. The van der Waals surface area contributed by atoms with Crippen molar-refractivity contribution in [1.82, 2.24) is 15.0 Å². The first kappa shape index (κ1) is 10.8. The van der Waals surface area contributed by atoms with Crippen molar-refractivity contribution in [3.63, 3.8) is 0 Å². The van der Waals surface area contributed by atoms with Gasteiger partial charge in [0.25, 0.3) is 18.8 Å². The lowest BCUT2D eigenvalue weighted by atomic mass is 10.3. The molecule has 0 N–H and O–H groups in total. The minimum Gasteiger partial charge on any atom is -0.404 e. The number of aromatic nitrogens is 3. The van der Waals surface area contributed by atoms with Gasteiger partial charge in [-0.3, -0.25) is 9.59 Å². The van der Waals surface area contributed by atoms with Crippen LogP contribution in [0.1, 0.15) is 0 Å². The third-order valence-corrected chi connectivity index (χ3v) is 1.92. The molecule has 0 aliphatic rings. The van der Waals surface area contributed by atoms with Crippen molar-refractivity contribution < 1.29 is 19.1 Å². The van der Waals surface area contributed by atoms with Gasteiger partial charge in [0, 0.05) is 0 Å². The molecule has 0 unspecified atom stereocenters. The zero-order valence-corrected chi connectivity index (χ0v) is 8.52. The van der Waals surface area contributed by atoms with Crippen molar-refractivity contribution in [3.8, 4) is 17.4 Å². The highest BCUT2D eigenvalue weighted by Gasteiger charge is 2.17. The van der Waals surface area contributed by atoms with Gasteiger partial charge in [-0.25, -0.2) is 0 Å². The normalized spacial score (nSPS) is 9.65. The molecule has 7 heteroatoms. The van der Waals surface area contributed by atoms with Crippen molar-refractivity contribution in [2.75, 3.05) is 0 Å². The molecule has 0 aliphatic heterocycles. The molecule has 0 amide bonds. The zero-order chi connectivity index (χ0) is 12.1. The molecular weight excluding hydrogens is 226 g/mol. The Morgan fingerprint density at radius 1 is 1.06 bits per heavy atom. The Morgan fingerprint density at radius 3 is 2.41 bits per heavy atom. The summed E-state index contributed by atoms with van der Waals surface area (Å²) in [6, 6.07) is 8.85. The highest BCUT2D eigenvalue weighted by Crippen LogP contribution is 2.25. The predicted molar refractivity (Wildman–Crippen MR) is 54.7 cm³/mol. The second-order valence-corrected chi connectivity index (χ2v) is 2.88. The molecular formula is C10H7N3O4. The Bertz CT molecular complexity index is 524. The molecule has 0 bridgehead atoms. The molecule has 86 valence electrons. The lowest BCUT2D eigenvalue weighted by molar-refractivity contribution is -0.123. The van der Waals surface area contributed by atoms with Crippen molar-refractivity contribution in [3.05, 3.63) is 30.3 Å². The molecule has 0 atom stereocenters. The van der Waals surface area contributed by atoms with Gasteiger partial charge in [0.1, 0.15) is 0 Å². The number of benzene rings is 1. The quantitative estimate of drug-likeness (QED) is 0.692. The van der Waals surface area contributed by atoms with Gasteiger partial charge in [0.2, 0.25) is 0 Å². The van der Waals surface area contributed by atoms with E-state index in [1.165, 1.54) is 4.68 Å². The number of carbonyl (C=O) groups excluding carboxylic acids is 2. The number of nitrogens with zero attached hydrogens (tertiary/aromatic N) is 3. The maximum Gasteiger partial charge on any atom is 0.306 e. The molecule has 0 saturated carbocycles. The van der Waals surface area contributed by atoms with Crippen LogP contribution in [0.15, 0.2) is 30.3 Å². The van der Waals surface area contributed by atoms with E-state index in [4.69, 9.17) is 0 Å². The van der Waals surface area contributed by atoms with Crippen LogP contribution in [0.3, 0.4) is 0 Å². The van der Waals surface area contributed by atoms with Crippen LogP contribution in [0, 0.1) is 0 Å². The van der Waals surface area contributed by atoms with Gasteiger partial charge in [-0.15, -0.1) is 0 Å². The molecule has 0 radical (unpaired) electrons. The average Bonchev–Trinajstić information content (AvgIpc) is 2.75. The molecule has 2 rings (SSSR count). The molecule has 1 aromatic heterocycles. The Labute approximate surface area is 95.6 Å². The maximum atomic E-state index is 10.4. The Morgan fingerprint density at radius 2 is 1.76 bits per heavy atom. The van der Waals surface area contributed by atoms with E-state index in [-0.39, 0.29) is 24.7 Å². The Kier molecular flexibility index (Phi) is 3.10. The summed E-state index contributed by atoms with van der Waals surface area (Å²) in [7, 11) is 0. The summed E-state index contributed by atoms with van der Waals surface area (Å²) in [6.07, 6.45) is 0. The molecule has 2 aromatic rings. The number of hydrogen-bond acceptors (Lipinski definition) is 6. The molecule has 1 heterocycles. The second-order valence-electron chi connectivity index (χ2n) is 2.88. The lowest BCUT2D eigenvalue weighted by Crippen LogP contribution is -2.02. The first-order valence-electron chi connectivity index (χ1n) is 4.58. The first-order valence-corrected chi connectivity index (χ1v) is 4.58. The van der Waals surface area contributed by atoms with Gasteiger partial charge < -0.3 is 9.47 Å². The molecule has 0 spiro atoms. The SMILES string of the molecule is O=COc1nnn(-c2ccccc2)c1OC=O. The minimum absolute atomic E-state index is 0.0571. The first-order chi connectivity index (χ1) is 8.36. The fraction of sp³-hybridized carbons (Fsp3) is 0. The van der Waals surface area contributed by atoms with E-state index in [0.29, 0.717) is 5.69 Å². The largest absolute Gasteiger partial charge is 0.404 e. The summed E-state index contributed by atoms with van der Waals surface area (Å²) in [4.78, 5) is 20.6. The van der Waals surface area contributed by atoms with E-state index in [1.54, 1.807) is 24.3 Å². The summed E-state index contributed by atoms with van der Waals surface area (Å²) in [5, 5.41) is 7.30. The third kappa shape index (κ3) is 2.12. The molecule has 7 nitrogen and oxygen atoms in total. The van der Waals surface area contributed by atoms with Crippen molar-refractivity contribution >= 4 is 12.9 Å². The fourth-order valence-corrected chi connectivity index (χ4v) is 1.26. The smallest absolute Gasteiger partial charge is 0.306 e. The van der Waals surface area contributed by atoms with Crippen LogP contribution in [0.25, 0.3) is 5.69 Å². The van der Waals surface area contributed by atoms with Gasteiger partial charge in [-0.05, 0) is 12.1 Å². The van der Waals surface area contributed by atoms with Gasteiger partial charge >= 0.3 is 5.88 Å². The van der Waals surface area contributed by atoms with Gasteiger partial charge in [-0.2, -0.15) is 4.68 Å². The number of carbonyl (C=O) groups is 2. The van der Waals surface area contributed by atoms with Gasteiger partial charge in [-0.1, -0.05) is 28.5 Å². The van der Waals surface area contributed by atoms with E-state index in [0.717, 1.165) is 0 Å². The van der Waals surface area contributed by atoms with E-state index in [9.17, 15) is 9.59 Å². The molecule has 1 aromatic carbocycles. The van der Waals surface area contributed by atoms with Gasteiger partial charge in [0.05, 0.1) is 5.69 Å². The average molecular weight is 233 g/mol. The summed E-state index contributed by atoms with van der Waals surface area (Å²) in [5.41, 5.74) is 0.623. The number of ether oxygens (including phenoxy) is 2. The van der Waals surface area contributed by atoms with Crippen molar-refractivity contribution in [2.24, 2.45) is 0 Å². The van der Waals surface area contributed by atoms with E-state index >= 15 is 0 Å². The maximum absolute atomic E-state index is 10.4.